The molecule has 0 saturated carbocycles. The van der Waals surface area contributed by atoms with Crippen LogP contribution >= 0.6 is 0 Å². The van der Waals surface area contributed by atoms with E-state index in [0.29, 0.717) is 10.5 Å². The van der Waals surface area contributed by atoms with Crippen molar-refractivity contribution in [1.82, 2.24) is 0 Å². The van der Waals surface area contributed by atoms with E-state index in [1.165, 1.54) is 0 Å². The van der Waals surface area contributed by atoms with E-state index in [9.17, 15) is 13.7 Å². The summed E-state index contributed by atoms with van der Waals surface area (Å²) in [4.78, 5) is 0.331. The first-order valence-corrected chi connectivity index (χ1v) is 9.53. The van der Waals surface area contributed by atoms with E-state index in [0.717, 1.165) is 22.3 Å². The molecule has 0 amide bonds. The van der Waals surface area contributed by atoms with Crippen molar-refractivity contribution in [2.24, 2.45) is 0 Å². The number of aryl methyl sites for hydroxylation is 1. The molecular formula is C21H17NO2S. The van der Waals surface area contributed by atoms with Crippen LogP contribution in [-0.2, 0) is 15.6 Å². The lowest BCUT2D eigenvalue weighted by Gasteiger charge is -2.08. The lowest BCUT2D eigenvalue weighted by molar-refractivity contribution is 0.595. The highest BCUT2D eigenvalue weighted by Gasteiger charge is 2.15. The van der Waals surface area contributed by atoms with Gasteiger partial charge < -0.3 is 0 Å². The minimum Gasteiger partial charge on any atom is -0.223 e. The molecule has 3 rings (SSSR count). The molecule has 0 N–H and O–H groups in total. The van der Waals surface area contributed by atoms with Crippen LogP contribution in [-0.4, -0.2) is 8.42 Å². The summed E-state index contributed by atoms with van der Waals surface area (Å²) in [6.07, 6.45) is 0. The third kappa shape index (κ3) is 3.78. The first kappa shape index (κ1) is 16.9. The Morgan fingerprint density at radius 2 is 1.52 bits per heavy atom. The van der Waals surface area contributed by atoms with E-state index in [2.05, 4.69) is 6.07 Å². The summed E-state index contributed by atoms with van der Waals surface area (Å²) in [6.45, 7) is 1.92. The Morgan fingerprint density at radius 3 is 2.16 bits per heavy atom. The molecule has 4 heteroatoms. The van der Waals surface area contributed by atoms with Crippen LogP contribution in [0.2, 0.25) is 0 Å². The quantitative estimate of drug-likeness (QED) is 0.698. The Hall–Kier alpha value is -2.90. The van der Waals surface area contributed by atoms with E-state index in [-0.39, 0.29) is 5.75 Å². The van der Waals surface area contributed by atoms with Crippen LogP contribution in [0.15, 0.2) is 77.7 Å². The molecule has 0 unspecified atom stereocenters. The number of hydrogen-bond acceptors (Lipinski definition) is 3. The minimum atomic E-state index is -3.37. The number of hydrogen-bond donors (Lipinski definition) is 0. The van der Waals surface area contributed by atoms with Crippen molar-refractivity contribution in [2.45, 2.75) is 17.6 Å². The molecule has 0 spiro atoms. The van der Waals surface area contributed by atoms with Gasteiger partial charge in [0.05, 0.1) is 22.3 Å². The van der Waals surface area contributed by atoms with E-state index in [1.54, 1.807) is 42.5 Å². The fourth-order valence-electron chi connectivity index (χ4n) is 2.66. The van der Waals surface area contributed by atoms with Gasteiger partial charge >= 0.3 is 0 Å². The zero-order valence-electron chi connectivity index (χ0n) is 13.8. The van der Waals surface area contributed by atoms with Gasteiger partial charge in [-0.3, -0.25) is 0 Å². The maximum absolute atomic E-state index is 12.5. The Kier molecular flexibility index (Phi) is 4.69. The Morgan fingerprint density at radius 1 is 0.880 bits per heavy atom. The number of nitriles is 1. The fourth-order valence-corrected chi connectivity index (χ4v) is 4.01. The third-order valence-corrected chi connectivity index (χ3v) is 5.75. The molecule has 3 nitrogen and oxygen atoms in total. The molecule has 0 aliphatic heterocycles. The van der Waals surface area contributed by atoms with Crippen molar-refractivity contribution in [3.05, 3.63) is 89.5 Å². The molecule has 0 radical (unpaired) electrons. The van der Waals surface area contributed by atoms with Crippen LogP contribution in [0.1, 0.15) is 16.7 Å². The zero-order chi connectivity index (χ0) is 17.9. The molecular weight excluding hydrogens is 330 g/mol. The van der Waals surface area contributed by atoms with E-state index in [1.807, 2.05) is 37.3 Å². The molecule has 3 aromatic rings. The van der Waals surface area contributed by atoms with Crippen molar-refractivity contribution >= 4 is 9.84 Å². The SMILES string of the molecule is Cc1ccc(S(=O)(=O)Cc2ccc(-c3ccccc3C#N)cc2)cc1. The van der Waals surface area contributed by atoms with Gasteiger partial charge in [-0.1, -0.05) is 60.2 Å². The molecule has 0 fully saturated rings. The Bertz CT molecular complexity index is 1030. The number of benzene rings is 3. The second-order valence-corrected chi connectivity index (χ2v) is 7.92. The highest BCUT2D eigenvalue weighted by Crippen LogP contribution is 2.25. The number of rotatable bonds is 4. The topological polar surface area (TPSA) is 57.9 Å². The van der Waals surface area contributed by atoms with Gasteiger partial charge in [-0.05, 0) is 41.8 Å². The predicted octanol–water partition coefficient (Wildman–Crippen LogP) is 4.51. The second kappa shape index (κ2) is 6.92. The molecule has 0 saturated heterocycles. The second-order valence-electron chi connectivity index (χ2n) is 5.93. The summed E-state index contributed by atoms with van der Waals surface area (Å²) in [6, 6.07) is 23.7. The summed E-state index contributed by atoms with van der Waals surface area (Å²) < 4.78 is 25.1. The average Bonchev–Trinajstić information content (AvgIpc) is 2.62. The molecule has 0 aliphatic carbocycles. The number of sulfone groups is 1. The van der Waals surface area contributed by atoms with Crippen molar-refractivity contribution in [3.63, 3.8) is 0 Å². The van der Waals surface area contributed by atoms with E-state index < -0.39 is 9.84 Å². The molecule has 25 heavy (non-hydrogen) atoms. The van der Waals surface area contributed by atoms with E-state index >= 15 is 0 Å². The monoisotopic (exact) mass is 347 g/mol. The van der Waals surface area contributed by atoms with Crippen LogP contribution in [0.5, 0.6) is 0 Å². The van der Waals surface area contributed by atoms with Gasteiger partial charge in [0, 0.05) is 0 Å². The highest BCUT2D eigenvalue weighted by molar-refractivity contribution is 7.90. The zero-order valence-corrected chi connectivity index (χ0v) is 14.6. The summed E-state index contributed by atoms with van der Waals surface area (Å²) >= 11 is 0. The van der Waals surface area contributed by atoms with Crippen LogP contribution in [0.4, 0.5) is 0 Å². The third-order valence-electron chi connectivity index (χ3n) is 4.05. The van der Waals surface area contributed by atoms with Gasteiger partial charge in [-0.15, -0.1) is 0 Å². The fraction of sp³-hybridized carbons (Fsp3) is 0.0952. The molecule has 0 heterocycles. The van der Waals surface area contributed by atoms with Gasteiger partial charge in [0.2, 0.25) is 0 Å². The van der Waals surface area contributed by atoms with Gasteiger partial charge in [0.15, 0.2) is 9.84 Å². The smallest absolute Gasteiger partial charge is 0.182 e. The predicted molar refractivity (Wildman–Crippen MR) is 98.7 cm³/mol. The van der Waals surface area contributed by atoms with Crippen LogP contribution in [0, 0.1) is 18.3 Å². The molecule has 0 atom stereocenters. The molecule has 0 aliphatic rings. The van der Waals surface area contributed by atoms with Gasteiger partial charge in [0.1, 0.15) is 0 Å². The van der Waals surface area contributed by atoms with Crippen LogP contribution in [0.25, 0.3) is 11.1 Å². The van der Waals surface area contributed by atoms with Crippen molar-refractivity contribution in [3.8, 4) is 17.2 Å². The first-order chi connectivity index (χ1) is 12.0. The highest BCUT2D eigenvalue weighted by atomic mass is 32.2. The van der Waals surface area contributed by atoms with Gasteiger partial charge in [0.25, 0.3) is 0 Å². The normalized spacial score (nSPS) is 11.0. The van der Waals surface area contributed by atoms with Crippen molar-refractivity contribution < 1.29 is 8.42 Å². The molecule has 0 aromatic heterocycles. The Labute approximate surface area is 148 Å². The van der Waals surface area contributed by atoms with Gasteiger partial charge in [-0.2, -0.15) is 5.26 Å². The summed E-state index contributed by atoms with van der Waals surface area (Å²) in [5.41, 5.74) is 4.09. The molecule has 0 bridgehead atoms. The van der Waals surface area contributed by atoms with Crippen LogP contribution < -0.4 is 0 Å². The molecule has 124 valence electrons. The van der Waals surface area contributed by atoms with Crippen LogP contribution in [0.3, 0.4) is 0 Å². The maximum Gasteiger partial charge on any atom is 0.182 e. The largest absolute Gasteiger partial charge is 0.223 e. The summed E-state index contributed by atoms with van der Waals surface area (Å²) in [5.74, 6) is -0.0454. The lowest BCUT2D eigenvalue weighted by atomic mass is 10.00. The minimum absolute atomic E-state index is 0.0454. The lowest BCUT2D eigenvalue weighted by Crippen LogP contribution is -2.04. The molecule has 3 aromatic carbocycles. The van der Waals surface area contributed by atoms with Crippen molar-refractivity contribution in [2.75, 3.05) is 0 Å². The van der Waals surface area contributed by atoms with E-state index in [4.69, 9.17) is 0 Å². The first-order valence-electron chi connectivity index (χ1n) is 7.87. The standard InChI is InChI=1S/C21H17NO2S/c1-16-6-12-20(13-7-16)25(23,24)15-17-8-10-18(11-9-17)21-5-3-2-4-19(21)14-22/h2-13H,15H2,1H3. The van der Waals surface area contributed by atoms with Crippen molar-refractivity contribution in [1.29, 1.82) is 5.26 Å². The summed E-state index contributed by atoms with van der Waals surface area (Å²) in [7, 11) is -3.37. The summed E-state index contributed by atoms with van der Waals surface area (Å²) in [5, 5.41) is 9.20. The number of nitrogens with zero attached hydrogens (tertiary/aromatic N) is 1. The Balaban J connectivity index is 1.86. The van der Waals surface area contributed by atoms with Gasteiger partial charge in [-0.25, -0.2) is 8.42 Å². The average molecular weight is 347 g/mol. The maximum atomic E-state index is 12.5.